The summed E-state index contributed by atoms with van der Waals surface area (Å²) in [5.74, 6) is -2.80. The molecular formula is C14H13Br2N3O4. The third kappa shape index (κ3) is 3.41. The van der Waals surface area contributed by atoms with E-state index in [1.54, 1.807) is 11.1 Å². The van der Waals surface area contributed by atoms with Crippen LogP contribution in [0.5, 0.6) is 0 Å². The Balaban J connectivity index is 2.04. The minimum atomic E-state index is -1.54. The fraction of sp³-hybridized carbons (Fsp3) is 0.357. The van der Waals surface area contributed by atoms with Gasteiger partial charge in [-0.2, -0.15) is 0 Å². The van der Waals surface area contributed by atoms with Crippen molar-refractivity contribution in [3.8, 4) is 0 Å². The van der Waals surface area contributed by atoms with Crippen LogP contribution in [0.1, 0.15) is 6.42 Å². The van der Waals surface area contributed by atoms with E-state index in [9.17, 15) is 9.59 Å². The Morgan fingerprint density at radius 3 is 2.57 bits per heavy atom. The quantitative estimate of drug-likeness (QED) is 0.519. The molecule has 0 atom stereocenters. The van der Waals surface area contributed by atoms with E-state index in [1.165, 1.54) is 0 Å². The molecular weight excluding hydrogens is 434 g/mol. The molecule has 0 unspecified atom stereocenters. The van der Waals surface area contributed by atoms with Gasteiger partial charge in [0, 0.05) is 18.7 Å². The summed E-state index contributed by atoms with van der Waals surface area (Å²) in [7, 11) is 0. The molecule has 3 rings (SSSR count). The number of rotatable bonds is 1. The molecule has 1 N–H and O–H groups in total. The number of esters is 2. The molecule has 1 aromatic heterocycles. The van der Waals surface area contributed by atoms with Crippen LogP contribution < -0.4 is 10.2 Å². The van der Waals surface area contributed by atoms with Crippen LogP contribution in [0.3, 0.4) is 0 Å². The second-order valence-corrected chi connectivity index (χ2v) is 6.64. The van der Waals surface area contributed by atoms with Gasteiger partial charge in [0.1, 0.15) is 4.60 Å². The first-order chi connectivity index (χ1) is 11.0. The Kier molecular flexibility index (Phi) is 4.69. The molecule has 0 saturated carbocycles. The van der Waals surface area contributed by atoms with Crippen molar-refractivity contribution in [1.82, 2.24) is 10.3 Å². The minimum absolute atomic E-state index is 0.167. The minimum Gasteiger partial charge on any atom is -0.399 e. The van der Waals surface area contributed by atoms with Crippen LogP contribution in [0.25, 0.3) is 0 Å². The third-order valence-electron chi connectivity index (χ3n) is 3.46. The van der Waals surface area contributed by atoms with Gasteiger partial charge >= 0.3 is 17.8 Å². The molecule has 122 valence electrons. The van der Waals surface area contributed by atoms with Gasteiger partial charge < -0.3 is 14.8 Å². The van der Waals surface area contributed by atoms with E-state index in [1.807, 2.05) is 6.07 Å². The normalized spacial score (nSPS) is 20.7. The van der Waals surface area contributed by atoms with Gasteiger partial charge in [0.15, 0.2) is 0 Å². The van der Waals surface area contributed by atoms with Crippen LogP contribution in [0, 0.1) is 0 Å². The number of nitrogens with zero attached hydrogens (tertiary/aromatic N) is 2. The summed E-state index contributed by atoms with van der Waals surface area (Å²) in [4.78, 5) is 29.7. The van der Waals surface area contributed by atoms with Crippen LogP contribution in [-0.2, 0) is 19.1 Å². The summed E-state index contributed by atoms with van der Waals surface area (Å²) < 4.78 is 12.3. The molecule has 1 saturated heterocycles. The number of ether oxygens (including phenoxy) is 2. The number of halogens is 2. The molecule has 0 aliphatic carbocycles. The van der Waals surface area contributed by atoms with Crippen molar-refractivity contribution < 1.29 is 19.1 Å². The Labute approximate surface area is 149 Å². The molecule has 0 amide bonds. The largest absolute Gasteiger partial charge is 0.399 e. The molecule has 23 heavy (non-hydrogen) atoms. The van der Waals surface area contributed by atoms with E-state index in [0.29, 0.717) is 23.4 Å². The Morgan fingerprint density at radius 1 is 1.22 bits per heavy atom. The summed E-state index contributed by atoms with van der Waals surface area (Å²) in [5.41, 5.74) is 0.672. The summed E-state index contributed by atoms with van der Waals surface area (Å²) in [6.07, 6.45) is 4.55. The van der Waals surface area contributed by atoms with Crippen LogP contribution >= 0.6 is 31.9 Å². The molecule has 2 aliphatic heterocycles. The highest BCUT2D eigenvalue weighted by atomic mass is 79.9. The molecule has 0 bridgehead atoms. The van der Waals surface area contributed by atoms with Crippen molar-refractivity contribution in [2.75, 3.05) is 24.5 Å². The number of pyridine rings is 1. The van der Waals surface area contributed by atoms with Crippen LogP contribution in [0.4, 0.5) is 5.69 Å². The topological polar surface area (TPSA) is 80.8 Å². The lowest BCUT2D eigenvalue weighted by molar-refractivity contribution is -0.217. The molecule has 1 aromatic rings. The van der Waals surface area contributed by atoms with Gasteiger partial charge in [0.2, 0.25) is 0 Å². The van der Waals surface area contributed by atoms with Gasteiger partial charge in [0.05, 0.1) is 22.9 Å². The summed E-state index contributed by atoms with van der Waals surface area (Å²) in [6, 6.07) is 1.82. The predicted octanol–water partition coefficient (Wildman–Crippen LogP) is 1.72. The molecule has 1 fully saturated rings. The zero-order valence-corrected chi connectivity index (χ0v) is 15.1. The van der Waals surface area contributed by atoms with E-state index in [-0.39, 0.29) is 6.54 Å². The number of aromatic nitrogens is 1. The second-order valence-electron chi connectivity index (χ2n) is 5.04. The lowest BCUT2D eigenvalue weighted by Crippen LogP contribution is -2.58. The highest BCUT2D eigenvalue weighted by Gasteiger charge is 2.47. The second kappa shape index (κ2) is 6.58. The zero-order chi connectivity index (χ0) is 16.4. The average Bonchev–Trinajstić information content (AvgIpc) is 2.78. The van der Waals surface area contributed by atoms with Crippen LogP contribution in [0.2, 0.25) is 0 Å². The number of hydrogen-bond donors (Lipinski definition) is 1. The monoisotopic (exact) mass is 445 g/mol. The SMILES string of the molecule is O=C1C=CC(=O)OC2(CNCCCN2c2cnc(Br)c(Br)c2)O1. The molecule has 2 aliphatic rings. The Bertz CT molecular complexity index is 660. The number of anilines is 1. The first-order valence-corrected chi connectivity index (χ1v) is 8.52. The fourth-order valence-corrected chi connectivity index (χ4v) is 3.03. The van der Waals surface area contributed by atoms with Gasteiger partial charge in [0.25, 0.3) is 0 Å². The third-order valence-corrected chi connectivity index (χ3v) is 5.23. The molecule has 9 heteroatoms. The maximum Gasteiger partial charge on any atom is 0.356 e. The van der Waals surface area contributed by atoms with Gasteiger partial charge in [-0.1, -0.05) is 0 Å². The van der Waals surface area contributed by atoms with Crippen molar-refractivity contribution in [1.29, 1.82) is 0 Å². The van der Waals surface area contributed by atoms with Crippen molar-refractivity contribution in [2.45, 2.75) is 12.3 Å². The van der Waals surface area contributed by atoms with Gasteiger partial charge in [-0.15, -0.1) is 0 Å². The van der Waals surface area contributed by atoms with Crippen LogP contribution in [0.15, 0.2) is 33.5 Å². The average molecular weight is 447 g/mol. The molecule has 7 nitrogen and oxygen atoms in total. The predicted molar refractivity (Wildman–Crippen MR) is 88.5 cm³/mol. The lowest BCUT2D eigenvalue weighted by atomic mass is 10.3. The Morgan fingerprint density at radius 2 is 1.91 bits per heavy atom. The highest BCUT2D eigenvalue weighted by molar-refractivity contribution is 9.13. The maximum atomic E-state index is 11.9. The van der Waals surface area contributed by atoms with Crippen LogP contribution in [-0.4, -0.2) is 42.5 Å². The van der Waals surface area contributed by atoms with Crippen molar-refractivity contribution in [3.05, 3.63) is 33.5 Å². The highest BCUT2D eigenvalue weighted by Crippen LogP contribution is 2.33. The fourth-order valence-electron chi connectivity index (χ4n) is 2.48. The molecule has 0 aromatic carbocycles. The zero-order valence-electron chi connectivity index (χ0n) is 11.9. The van der Waals surface area contributed by atoms with Crippen molar-refractivity contribution in [2.24, 2.45) is 0 Å². The smallest absolute Gasteiger partial charge is 0.356 e. The number of carbonyl (C=O) groups excluding carboxylic acids is 2. The van der Waals surface area contributed by atoms with E-state index in [4.69, 9.17) is 9.47 Å². The van der Waals surface area contributed by atoms with E-state index >= 15 is 0 Å². The van der Waals surface area contributed by atoms with Crippen molar-refractivity contribution >= 4 is 49.5 Å². The maximum absolute atomic E-state index is 11.9. The van der Waals surface area contributed by atoms with Gasteiger partial charge in [-0.25, -0.2) is 14.6 Å². The van der Waals surface area contributed by atoms with E-state index < -0.39 is 17.8 Å². The lowest BCUT2D eigenvalue weighted by Gasteiger charge is -2.40. The van der Waals surface area contributed by atoms with E-state index in [2.05, 4.69) is 42.2 Å². The summed E-state index contributed by atoms with van der Waals surface area (Å²) in [6.45, 7) is 1.41. The van der Waals surface area contributed by atoms with Gasteiger partial charge in [-0.3, -0.25) is 4.90 Å². The standard InChI is InChI=1S/C14H13Br2N3O4/c15-10-6-9(7-18-13(10)16)19-5-1-4-17-8-14(19)22-11(20)2-3-12(21)23-14/h2-3,6-7,17H,1,4-5,8H2. The van der Waals surface area contributed by atoms with Crippen molar-refractivity contribution in [3.63, 3.8) is 0 Å². The first kappa shape index (κ1) is 16.4. The summed E-state index contributed by atoms with van der Waals surface area (Å²) >= 11 is 6.72. The first-order valence-electron chi connectivity index (χ1n) is 6.94. The number of carbonyl (C=O) groups is 2. The molecule has 3 heterocycles. The Hall–Kier alpha value is -1.45. The number of hydrogen-bond acceptors (Lipinski definition) is 7. The molecule has 1 spiro atoms. The summed E-state index contributed by atoms with van der Waals surface area (Å²) in [5, 5.41) is 3.14. The van der Waals surface area contributed by atoms with Gasteiger partial charge in [-0.05, 0) is 50.9 Å². The van der Waals surface area contributed by atoms with E-state index in [0.717, 1.165) is 23.0 Å². The molecule has 0 radical (unpaired) electrons. The number of nitrogens with one attached hydrogen (secondary N) is 1.